The van der Waals surface area contributed by atoms with Crippen molar-refractivity contribution in [3.63, 3.8) is 0 Å². The molecule has 4 heteroatoms. The average molecular weight is 280 g/mol. The highest BCUT2D eigenvalue weighted by atomic mass is 19.1. The molecule has 2 amide bonds. The molecule has 3 nitrogen and oxygen atoms in total. The maximum Gasteiger partial charge on any atom is 0.314 e. The largest absolute Gasteiger partial charge is 0.338 e. The van der Waals surface area contributed by atoms with Gasteiger partial charge in [-0.2, -0.15) is 0 Å². The Morgan fingerprint density at radius 3 is 2.35 bits per heavy atom. The first-order valence-corrected chi connectivity index (χ1v) is 7.09. The van der Waals surface area contributed by atoms with Crippen molar-refractivity contribution >= 4 is 6.03 Å². The summed E-state index contributed by atoms with van der Waals surface area (Å²) in [7, 11) is 0. The molecule has 0 radical (unpaired) electrons. The van der Waals surface area contributed by atoms with Gasteiger partial charge in [-0.1, -0.05) is 39.8 Å². The second kappa shape index (κ2) is 7.27. The second-order valence-corrected chi connectivity index (χ2v) is 6.18. The van der Waals surface area contributed by atoms with Crippen molar-refractivity contribution in [2.45, 2.75) is 39.5 Å². The van der Waals surface area contributed by atoms with Crippen molar-refractivity contribution in [3.05, 3.63) is 35.6 Å². The summed E-state index contributed by atoms with van der Waals surface area (Å²) in [5.74, 6) is 0.329. The third kappa shape index (κ3) is 5.59. The molecule has 0 heterocycles. The molecule has 0 aromatic heterocycles. The highest BCUT2D eigenvalue weighted by Gasteiger charge is 2.21. The first-order chi connectivity index (χ1) is 9.31. The lowest BCUT2D eigenvalue weighted by molar-refractivity contribution is 0.238. The monoisotopic (exact) mass is 280 g/mol. The van der Waals surface area contributed by atoms with Gasteiger partial charge in [0, 0.05) is 18.5 Å². The number of halogens is 1. The van der Waals surface area contributed by atoms with Crippen LogP contribution in [0.1, 0.15) is 39.7 Å². The van der Waals surface area contributed by atoms with Crippen LogP contribution in [0.3, 0.4) is 0 Å². The van der Waals surface area contributed by atoms with E-state index in [0.717, 1.165) is 12.0 Å². The van der Waals surface area contributed by atoms with E-state index in [9.17, 15) is 9.18 Å². The van der Waals surface area contributed by atoms with Gasteiger partial charge in [0.1, 0.15) is 5.82 Å². The van der Waals surface area contributed by atoms with E-state index in [1.165, 1.54) is 12.1 Å². The molecule has 0 saturated heterocycles. The average Bonchev–Trinajstić information content (AvgIpc) is 2.36. The summed E-state index contributed by atoms with van der Waals surface area (Å²) >= 11 is 0. The van der Waals surface area contributed by atoms with Crippen molar-refractivity contribution in [2.75, 3.05) is 13.1 Å². The molecule has 1 aromatic carbocycles. The van der Waals surface area contributed by atoms with Crippen LogP contribution in [0.2, 0.25) is 0 Å². The van der Waals surface area contributed by atoms with E-state index in [0.29, 0.717) is 19.0 Å². The maximum absolute atomic E-state index is 12.9. The van der Waals surface area contributed by atoms with E-state index < -0.39 is 0 Å². The van der Waals surface area contributed by atoms with Crippen molar-refractivity contribution in [1.29, 1.82) is 0 Å². The number of urea groups is 1. The van der Waals surface area contributed by atoms with Crippen molar-refractivity contribution in [3.8, 4) is 0 Å². The van der Waals surface area contributed by atoms with Crippen molar-refractivity contribution in [2.24, 2.45) is 5.92 Å². The first kappa shape index (κ1) is 16.5. The van der Waals surface area contributed by atoms with Gasteiger partial charge in [-0.3, -0.25) is 0 Å². The Morgan fingerprint density at radius 1 is 1.20 bits per heavy atom. The van der Waals surface area contributed by atoms with Gasteiger partial charge >= 0.3 is 6.03 Å². The van der Waals surface area contributed by atoms with Crippen LogP contribution in [0.5, 0.6) is 0 Å². The summed E-state index contributed by atoms with van der Waals surface area (Å²) in [6, 6.07) is 6.25. The Bertz CT molecular complexity index is 427. The minimum Gasteiger partial charge on any atom is -0.338 e. The molecule has 2 N–H and O–H groups in total. The van der Waals surface area contributed by atoms with Crippen molar-refractivity contribution in [1.82, 2.24) is 10.6 Å². The van der Waals surface area contributed by atoms with Crippen LogP contribution in [0, 0.1) is 11.7 Å². The normalized spacial score (nSPS) is 11.5. The summed E-state index contributed by atoms with van der Waals surface area (Å²) in [5.41, 5.74) is 0.768. The van der Waals surface area contributed by atoms with Gasteiger partial charge in [0.25, 0.3) is 0 Å². The van der Waals surface area contributed by atoms with Crippen LogP contribution < -0.4 is 10.6 Å². The Hall–Kier alpha value is -1.58. The number of rotatable bonds is 6. The fraction of sp³-hybridized carbons (Fsp3) is 0.562. The van der Waals surface area contributed by atoms with E-state index in [2.05, 4.69) is 24.5 Å². The van der Waals surface area contributed by atoms with Gasteiger partial charge in [0.2, 0.25) is 0 Å². The zero-order chi connectivity index (χ0) is 15.2. The molecule has 1 aromatic rings. The minimum atomic E-state index is -0.246. The lowest BCUT2D eigenvalue weighted by Gasteiger charge is -2.25. The number of amides is 2. The Labute approximate surface area is 121 Å². The van der Waals surface area contributed by atoms with E-state index in [1.54, 1.807) is 12.1 Å². The van der Waals surface area contributed by atoms with Crippen LogP contribution in [0.4, 0.5) is 9.18 Å². The van der Waals surface area contributed by atoms with Gasteiger partial charge in [-0.15, -0.1) is 0 Å². The molecule has 0 bridgehead atoms. The quantitative estimate of drug-likeness (QED) is 0.823. The van der Waals surface area contributed by atoms with Gasteiger partial charge in [-0.05, 0) is 30.0 Å². The Balaban J connectivity index is 2.42. The zero-order valence-electron chi connectivity index (χ0n) is 12.8. The summed E-state index contributed by atoms with van der Waals surface area (Å²) in [6.45, 7) is 9.48. The molecular formula is C16H25FN2O. The molecule has 112 valence electrons. The Kier molecular flexibility index (Phi) is 5.99. The molecule has 0 spiro atoms. The van der Waals surface area contributed by atoms with Crippen LogP contribution in [-0.2, 0) is 5.41 Å². The number of hydrogen-bond acceptors (Lipinski definition) is 1. The topological polar surface area (TPSA) is 41.1 Å². The van der Waals surface area contributed by atoms with Gasteiger partial charge < -0.3 is 10.6 Å². The summed E-state index contributed by atoms with van der Waals surface area (Å²) in [4.78, 5) is 11.7. The number of carbonyl (C=O) groups excluding carboxylic acids is 1. The molecule has 0 aliphatic carbocycles. The van der Waals surface area contributed by atoms with Gasteiger partial charge in [-0.25, -0.2) is 9.18 Å². The third-order valence-electron chi connectivity index (χ3n) is 3.32. The second-order valence-electron chi connectivity index (χ2n) is 6.18. The van der Waals surface area contributed by atoms with E-state index in [-0.39, 0.29) is 17.3 Å². The fourth-order valence-electron chi connectivity index (χ4n) is 1.84. The zero-order valence-corrected chi connectivity index (χ0v) is 12.8. The molecule has 0 atom stereocenters. The van der Waals surface area contributed by atoms with Crippen LogP contribution in [-0.4, -0.2) is 19.1 Å². The third-order valence-corrected chi connectivity index (χ3v) is 3.32. The number of carbonyl (C=O) groups is 1. The lowest BCUT2D eigenvalue weighted by Crippen LogP contribution is -2.42. The van der Waals surface area contributed by atoms with Gasteiger partial charge in [0.15, 0.2) is 0 Å². The van der Waals surface area contributed by atoms with Crippen LogP contribution in [0.15, 0.2) is 24.3 Å². The first-order valence-electron chi connectivity index (χ1n) is 7.09. The van der Waals surface area contributed by atoms with E-state index >= 15 is 0 Å². The van der Waals surface area contributed by atoms with E-state index in [4.69, 9.17) is 0 Å². The molecule has 0 unspecified atom stereocenters. The predicted molar refractivity (Wildman–Crippen MR) is 80.3 cm³/mol. The molecule has 20 heavy (non-hydrogen) atoms. The number of hydrogen-bond donors (Lipinski definition) is 2. The highest BCUT2D eigenvalue weighted by molar-refractivity contribution is 5.73. The van der Waals surface area contributed by atoms with Crippen LogP contribution >= 0.6 is 0 Å². The highest BCUT2D eigenvalue weighted by Crippen LogP contribution is 2.22. The smallest absolute Gasteiger partial charge is 0.314 e. The molecule has 1 rings (SSSR count). The molecule has 0 aliphatic heterocycles. The summed E-state index contributed by atoms with van der Waals surface area (Å²) in [5, 5.41) is 5.70. The fourth-order valence-corrected chi connectivity index (χ4v) is 1.84. The Morgan fingerprint density at radius 2 is 1.80 bits per heavy atom. The SMILES string of the molecule is CC(C)CCNC(=O)NCC(C)(C)c1ccc(F)cc1. The minimum absolute atomic E-state index is 0.152. The molecule has 0 saturated carbocycles. The molecule has 0 aliphatic rings. The van der Waals surface area contributed by atoms with E-state index in [1.807, 2.05) is 13.8 Å². The van der Waals surface area contributed by atoms with Gasteiger partial charge in [0.05, 0.1) is 0 Å². The number of benzene rings is 1. The maximum atomic E-state index is 12.9. The predicted octanol–water partition coefficient (Wildman–Crippen LogP) is 3.45. The standard InChI is InChI=1S/C16H25FN2O/c1-12(2)9-10-18-15(20)19-11-16(3,4)13-5-7-14(17)8-6-13/h5-8,12H,9-11H2,1-4H3,(H2,18,19,20). The molecule has 0 fully saturated rings. The summed E-state index contributed by atoms with van der Waals surface area (Å²) < 4.78 is 12.9. The molecular weight excluding hydrogens is 255 g/mol. The summed E-state index contributed by atoms with van der Waals surface area (Å²) in [6.07, 6.45) is 0.967. The van der Waals surface area contributed by atoms with Crippen molar-refractivity contribution < 1.29 is 9.18 Å². The van der Waals surface area contributed by atoms with Crippen LogP contribution in [0.25, 0.3) is 0 Å². The lowest BCUT2D eigenvalue weighted by atomic mass is 9.84. The number of nitrogens with one attached hydrogen (secondary N) is 2.